The van der Waals surface area contributed by atoms with Crippen LogP contribution >= 0.6 is 0 Å². The lowest BCUT2D eigenvalue weighted by molar-refractivity contribution is -0.221. The highest BCUT2D eigenvalue weighted by Gasteiger charge is 2.41. The smallest absolute Gasteiger partial charge is 0.425 e. The van der Waals surface area contributed by atoms with Crippen molar-refractivity contribution in [2.45, 2.75) is 174 Å². The van der Waals surface area contributed by atoms with E-state index in [0.717, 1.165) is 26.2 Å². The molecule has 2 unspecified atom stereocenters. The summed E-state index contributed by atoms with van der Waals surface area (Å²) >= 11 is 0. The fraction of sp³-hybridized carbons (Fsp3) is 0.775. The second-order valence-electron chi connectivity index (χ2n) is 15.5. The molecule has 9 heteroatoms. The molecule has 0 heterocycles. The molecular weight excluding hydrogens is 633 g/mol. The van der Waals surface area contributed by atoms with E-state index in [1.54, 1.807) is 20.8 Å². The number of benzene rings is 1. The van der Waals surface area contributed by atoms with Crippen LogP contribution in [0.5, 0.6) is 5.75 Å². The lowest BCUT2D eigenvalue weighted by Crippen LogP contribution is -2.36. The number of alkyl halides is 3. The van der Waals surface area contributed by atoms with Gasteiger partial charge in [-0.05, 0) is 103 Å². The molecule has 1 aromatic carbocycles. The maximum atomic E-state index is 12.0. The largest absolute Gasteiger partial charge is 0.465 e. The molecule has 49 heavy (non-hydrogen) atoms. The SMILES string of the molecule is C.CCC(C)(C)C(=O)OC(C)C(F)(F)F.CCC(C)(C)C(=O)Oc1ccc(C(C)(C)C)cc1.CCCCC(CC)COC(=O)C(C)(C)CC. The number of hydrogen-bond donors (Lipinski definition) is 0. The van der Waals surface area contributed by atoms with E-state index >= 15 is 0 Å². The topological polar surface area (TPSA) is 78.9 Å². The number of esters is 3. The first-order valence-electron chi connectivity index (χ1n) is 17.5. The van der Waals surface area contributed by atoms with E-state index in [1.165, 1.54) is 24.8 Å². The number of carbonyl (C=O) groups is 3. The van der Waals surface area contributed by atoms with Gasteiger partial charge in [-0.2, -0.15) is 13.2 Å². The maximum Gasteiger partial charge on any atom is 0.425 e. The highest BCUT2D eigenvalue weighted by molar-refractivity contribution is 5.78. The van der Waals surface area contributed by atoms with Gasteiger partial charge in [0.25, 0.3) is 0 Å². The van der Waals surface area contributed by atoms with Crippen molar-refractivity contribution in [2.75, 3.05) is 6.61 Å². The van der Waals surface area contributed by atoms with Crippen molar-refractivity contribution >= 4 is 17.9 Å². The van der Waals surface area contributed by atoms with Gasteiger partial charge in [-0.1, -0.05) is 94.2 Å². The lowest BCUT2D eigenvalue weighted by Gasteiger charge is -2.24. The zero-order chi connectivity index (χ0) is 38.1. The molecule has 2 atom stereocenters. The average molecular weight is 705 g/mol. The summed E-state index contributed by atoms with van der Waals surface area (Å²) in [6.07, 6.45) is 0.227. The van der Waals surface area contributed by atoms with E-state index in [-0.39, 0.29) is 30.2 Å². The molecule has 0 spiro atoms. The third-order valence-electron chi connectivity index (χ3n) is 8.98. The quantitative estimate of drug-likeness (QED) is 0.142. The van der Waals surface area contributed by atoms with E-state index in [1.807, 2.05) is 65.8 Å². The predicted molar refractivity (Wildman–Crippen MR) is 196 cm³/mol. The van der Waals surface area contributed by atoms with Crippen molar-refractivity contribution in [3.8, 4) is 5.75 Å². The Morgan fingerprint density at radius 2 is 1.12 bits per heavy atom. The molecule has 0 saturated carbocycles. The van der Waals surface area contributed by atoms with Crippen molar-refractivity contribution in [1.29, 1.82) is 0 Å². The summed E-state index contributed by atoms with van der Waals surface area (Å²) in [5.41, 5.74) is -0.270. The summed E-state index contributed by atoms with van der Waals surface area (Å²) in [4.78, 5) is 34.9. The average Bonchev–Trinajstić information content (AvgIpc) is 3.00. The van der Waals surface area contributed by atoms with Crippen LogP contribution in [0.25, 0.3) is 0 Å². The molecular formula is C40H71F3O6. The summed E-state index contributed by atoms with van der Waals surface area (Å²) in [6, 6.07) is 7.76. The molecule has 6 nitrogen and oxygen atoms in total. The molecule has 0 bridgehead atoms. The summed E-state index contributed by atoms with van der Waals surface area (Å²) in [6.45, 7) is 28.8. The fourth-order valence-corrected chi connectivity index (χ4v) is 3.38. The van der Waals surface area contributed by atoms with E-state index in [9.17, 15) is 27.6 Å². The number of unbranched alkanes of at least 4 members (excludes halogenated alkanes) is 1. The van der Waals surface area contributed by atoms with Gasteiger partial charge in [-0.15, -0.1) is 0 Å². The van der Waals surface area contributed by atoms with Crippen LogP contribution in [-0.2, 0) is 29.3 Å². The Morgan fingerprint density at radius 3 is 1.49 bits per heavy atom. The summed E-state index contributed by atoms with van der Waals surface area (Å²) in [5.74, 6) is 0.120. The Balaban J connectivity index is -0.000000647. The van der Waals surface area contributed by atoms with Gasteiger partial charge in [-0.25, -0.2) is 0 Å². The van der Waals surface area contributed by atoms with E-state index in [0.29, 0.717) is 24.7 Å². The van der Waals surface area contributed by atoms with Gasteiger partial charge in [-0.3, -0.25) is 14.4 Å². The van der Waals surface area contributed by atoms with E-state index in [4.69, 9.17) is 9.47 Å². The van der Waals surface area contributed by atoms with Crippen LogP contribution in [0.1, 0.15) is 162 Å². The van der Waals surface area contributed by atoms with Gasteiger partial charge < -0.3 is 14.2 Å². The third kappa shape index (κ3) is 20.0. The van der Waals surface area contributed by atoms with Crippen molar-refractivity contribution in [3.05, 3.63) is 29.8 Å². The standard InChI is InChI=1S/C16H24O2.C14H28O2.C9H15F3O2.CH4/c1-7-16(5,6)14(17)18-13-10-8-12(9-11-13)15(2,3)4;1-6-9-10-12(7-2)11-16-13(15)14(4,5)8-3;1-5-8(3,4)7(13)14-6(2)9(10,11)12;/h8-11H,7H2,1-6H3;12H,6-11H2,1-5H3;6H,5H2,1-4H3;1H4. The summed E-state index contributed by atoms with van der Waals surface area (Å²) in [7, 11) is 0. The van der Waals surface area contributed by atoms with Crippen molar-refractivity contribution in [3.63, 3.8) is 0 Å². The molecule has 0 fully saturated rings. The Morgan fingerprint density at radius 1 is 0.694 bits per heavy atom. The lowest BCUT2D eigenvalue weighted by atomic mass is 9.87. The molecule has 1 rings (SSSR count). The van der Waals surface area contributed by atoms with Crippen LogP contribution in [0.2, 0.25) is 0 Å². The maximum absolute atomic E-state index is 12.0. The third-order valence-corrected chi connectivity index (χ3v) is 8.98. The van der Waals surface area contributed by atoms with Crippen LogP contribution < -0.4 is 4.74 Å². The van der Waals surface area contributed by atoms with Crippen LogP contribution in [0.4, 0.5) is 13.2 Å². The number of halogens is 3. The minimum Gasteiger partial charge on any atom is -0.465 e. The molecule has 288 valence electrons. The van der Waals surface area contributed by atoms with Gasteiger partial charge >= 0.3 is 24.1 Å². The van der Waals surface area contributed by atoms with Gasteiger partial charge in [0.05, 0.1) is 22.9 Å². The molecule has 0 saturated heterocycles. The normalized spacial score (nSPS) is 13.3. The fourth-order valence-electron chi connectivity index (χ4n) is 3.38. The predicted octanol–water partition coefficient (Wildman–Crippen LogP) is 12.1. The van der Waals surface area contributed by atoms with Gasteiger partial charge in [0.1, 0.15) is 5.75 Å². The Labute approximate surface area is 297 Å². The molecule has 0 aliphatic rings. The van der Waals surface area contributed by atoms with Crippen LogP contribution in [0.15, 0.2) is 24.3 Å². The molecule has 0 radical (unpaired) electrons. The Hall–Kier alpha value is -2.58. The van der Waals surface area contributed by atoms with Crippen LogP contribution in [0, 0.1) is 22.2 Å². The number of carbonyl (C=O) groups excluding carboxylic acids is 3. The van der Waals surface area contributed by atoms with Gasteiger partial charge in [0.2, 0.25) is 0 Å². The number of rotatable bonds is 14. The molecule has 0 aliphatic carbocycles. The van der Waals surface area contributed by atoms with Crippen molar-refractivity contribution < 1.29 is 41.8 Å². The first-order valence-corrected chi connectivity index (χ1v) is 17.5. The first-order chi connectivity index (χ1) is 21.7. The van der Waals surface area contributed by atoms with Gasteiger partial charge in [0, 0.05) is 0 Å². The zero-order valence-electron chi connectivity index (χ0n) is 32.7. The second-order valence-corrected chi connectivity index (χ2v) is 15.5. The Kier molecular flexibility index (Phi) is 23.1. The number of ether oxygens (including phenoxy) is 3. The monoisotopic (exact) mass is 705 g/mol. The molecule has 0 aromatic heterocycles. The van der Waals surface area contributed by atoms with Crippen LogP contribution in [0.3, 0.4) is 0 Å². The highest BCUT2D eigenvalue weighted by Crippen LogP contribution is 2.29. The highest BCUT2D eigenvalue weighted by atomic mass is 19.4. The molecule has 0 N–H and O–H groups in total. The molecule has 1 aromatic rings. The van der Waals surface area contributed by atoms with Crippen LogP contribution in [-0.4, -0.2) is 36.8 Å². The number of hydrogen-bond acceptors (Lipinski definition) is 6. The summed E-state index contributed by atoms with van der Waals surface area (Å²) < 4.78 is 51.2. The van der Waals surface area contributed by atoms with Crippen molar-refractivity contribution in [2.24, 2.45) is 22.2 Å². The first kappa shape index (κ1) is 50.8. The minimum atomic E-state index is -4.49. The molecule has 0 aliphatic heterocycles. The minimum absolute atomic E-state index is 0. The van der Waals surface area contributed by atoms with E-state index in [2.05, 4.69) is 39.4 Å². The van der Waals surface area contributed by atoms with Crippen molar-refractivity contribution in [1.82, 2.24) is 0 Å². The van der Waals surface area contributed by atoms with E-state index < -0.39 is 29.1 Å². The Bertz CT molecular complexity index is 1080. The summed E-state index contributed by atoms with van der Waals surface area (Å²) in [5, 5.41) is 0. The van der Waals surface area contributed by atoms with Gasteiger partial charge in [0.15, 0.2) is 6.10 Å². The molecule has 0 amide bonds. The zero-order valence-corrected chi connectivity index (χ0v) is 32.7. The second kappa shape index (κ2) is 22.3.